The Kier molecular flexibility index (Phi) is 5.16. The molecule has 3 nitrogen and oxygen atoms in total. The van der Waals surface area contributed by atoms with E-state index in [2.05, 4.69) is 15.9 Å². The van der Waals surface area contributed by atoms with E-state index < -0.39 is 0 Å². The van der Waals surface area contributed by atoms with Crippen LogP contribution in [0.1, 0.15) is 16.7 Å². The van der Waals surface area contributed by atoms with Gasteiger partial charge in [0.2, 0.25) is 0 Å². The van der Waals surface area contributed by atoms with E-state index in [0.29, 0.717) is 16.6 Å². The summed E-state index contributed by atoms with van der Waals surface area (Å²) < 4.78 is 0.949. The zero-order valence-electron chi connectivity index (χ0n) is 15.1. The number of carbonyl (C=O) groups is 1. The van der Waals surface area contributed by atoms with Crippen LogP contribution in [0.2, 0.25) is 5.02 Å². The molecule has 3 aromatic carbocycles. The fourth-order valence-corrected chi connectivity index (χ4v) is 3.62. The van der Waals surface area contributed by atoms with Gasteiger partial charge >= 0.3 is 0 Å². The van der Waals surface area contributed by atoms with Gasteiger partial charge in [-0.25, -0.2) is 4.99 Å². The molecule has 138 valence electrons. The van der Waals surface area contributed by atoms with E-state index in [0.717, 1.165) is 26.9 Å². The van der Waals surface area contributed by atoms with E-state index in [1.807, 2.05) is 67.6 Å². The first-order valence-electron chi connectivity index (χ1n) is 8.74. The summed E-state index contributed by atoms with van der Waals surface area (Å²) in [6, 6.07) is 22.9. The standard InChI is InChI=1S/C23H16BrClN2O/c1-15-4-2-6-17(12-15)22-26-21(14-16-5-3-7-18(24)13-16)23(28)27(22)20-10-8-19(25)9-11-20/h2-14H,1H3/b21-14+. The highest BCUT2D eigenvalue weighted by molar-refractivity contribution is 9.10. The van der Waals surface area contributed by atoms with Gasteiger partial charge in [0, 0.05) is 15.1 Å². The van der Waals surface area contributed by atoms with Gasteiger partial charge in [-0.05, 0) is 61.0 Å². The summed E-state index contributed by atoms with van der Waals surface area (Å²) in [6.07, 6.45) is 1.80. The number of nitrogens with zero attached hydrogens (tertiary/aromatic N) is 2. The van der Waals surface area contributed by atoms with E-state index in [-0.39, 0.29) is 5.91 Å². The molecule has 0 aliphatic carbocycles. The number of rotatable bonds is 3. The number of carbonyl (C=O) groups excluding carboxylic acids is 1. The second-order valence-corrected chi connectivity index (χ2v) is 7.86. The molecule has 1 heterocycles. The van der Waals surface area contributed by atoms with Crippen LogP contribution in [0.15, 0.2) is 88.0 Å². The average Bonchev–Trinajstić information content (AvgIpc) is 2.99. The molecule has 5 heteroatoms. The van der Waals surface area contributed by atoms with Crippen molar-refractivity contribution in [1.29, 1.82) is 0 Å². The summed E-state index contributed by atoms with van der Waals surface area (Å²) in [4.78, 5) is 19.6. The normalized spacial score (nSPS) is 15.2. The first-order valence-corrected chi connectivity index (χ1v) is 9.91. The lowest BCUT2D eigenvalue weighted by Crippen LogP contribution is -2.32. The van der Waals surface area contributed by atoms with E-state index in [1.165, 1.54) is 0 Å². The van der Waals surface area contributed by atoms with Gasteiger partial charge in [0.15, 0.2) is 0 Å². The molecule has 3 aromatic rings. The topological polar surface area (TPSA) is 32.7 Å². The molecule has 0 spiro atoms. The second kappa shape index (κ2) is 7.74. The Balaban J connectivity index is 1.84. The Labute approximate surface area is 177 Å². The molecule has 0 radical (unpaired) electrons. The number of amides is 1. The molecule has 0 fully saturated rings. The molecule has 4 rings (SSSR count). The van der Waals surface area contributed by atoms with Gasteiger partial charge < -0.3 is 0 Å². The van der Waals surface area contributed by atoms with Gasteiger partial charge in [0.1, 0.15) is 11.5 Å². The highest BCUT2D eigenvalue weighted by atomic mass is 79.9. The highest BCUT2D eigenvalue weighted by Gasteiger charge is 2.32. The minimum absolute atomic E-state index is 0.168. The Morgan fingerprint density at radius 2 is 1.75 bits per heavy atom. The maximum absolute atomic E-state index is 13.2. The van der Waals surface area contributed by atoms with E-state index in [4.69, 9.17) is 16.6 Å². The summed E-state index contributed by atoms with van der Waals surface area (Å²) in [6.45, 7) is 2.02. The number of aliphatic imine (C=N–C) groups is 1. The smallest absolute Gasteiger partial charge is 0.266 e. The van der Waals surface area contributed by atoms with Gasteiger partial charge in [-0.2, -0.15) is 0 Å². The van der Waals surface area contributed by atoms with Gasteiger partial charge in [0.25, 0.3) is 5.91 Å². The molecule has 0 saturated carbocycles. The van der Waals surface area contributed by atoms with Crippen LogP contribution in [0.4, 0.5) is 5.69 Å². The van der Waals surface area contributed by atoms with Crippen molar-refractivity contribution in [2.75, 3.05) is 4.90 Å². The van der Waals surface area contributed by atoms with Crippen molar-refractivity contribution < 1.29 is 4.79 Å². The first kappa shape index (κ1) is 18.7. The zero-order chi connectivity index (χ0) is 19.7. The predicted octanol–water partition coefficient (Wildman–Crippen LogP) is 6.25. The van der Waals surface area contributed by atoms with Crippen LogP contribution in [0.25, 0.3) is 6.08 Å². The molecule has 0 saturated heterocycles. The molecule has 0 unspecified atom stereocenters. The monoisotopic (exact) mass is 450 g/mol. The molecule has 0 bridgehead atoms. The predicted molar refractivity (Wildman–Crippen MR) is 119 cm³/mol. The van der Waals surface area contributed by atoms with Gasteiger partial charge in [-0.3, -0.25) is 9.69 Å². The molecular formula is C23H16BrClN2O. The third-order valence-electron chi connectivity index (χ3n) is 4.37. The summed E-state index contributed by atoms with van der Waals surface area (Å²) in [7, 11) is 0. The molecule has 1 aliphatic heterocycles. The first-order chi connectivity index (χ1) is 13.5. The quantitative estimate of drug-likeness (QED) is 0.433. The van der Waals surface area contributed by atoms with Gasteiger partial charge in [0.05, 0.1) is 5.69 Å². The average molecular weight is 452 g/mol. The number of hydrogen-bond acceptors (Lipinski definition) is 2. The van der Waals surface area contributed by atoms with Crippen LogP contribution in [0, 0.1) is 6.92 Å². The summed E-state index contributed by atoms with van der Waals surface area (Å²) in [5, 5.41) is 0.620. The Hall–Kier alpha value is -2.69. The SMILES string of the molecule is Cc1cccc(C2=N/C(=C/c3cccc(Br)c3)C(=O)N2c2ccc(Cl)cc2)c1. The molecular weight excluding hydrogens is 436 g/mol. The Morgan fingerprint density at radius 1 is 1.00 bits per heavy atom. The van der Waals surface area contributed by atoms with Gasteiger partial charge in [-0.1, -0.05) is 63.4 Å². The van der Waals surface area contributed by atoms with E-state index >= 15 is 0 Å². The third kappa shape index (κ3) is 3.79. The number of anilines is 1. The number of halogens is 2. The zero-order valence-corrected chi connectivity index (χ0v) is 17.4. The molecule has 0 atom stereocenters. The molecule has 1 aliphatic rings. The lowest BCUT2D eigenvalue weighted by molar-refractivity contribution is -0.113. The van der Waals surface area contributed by atoms with Crippen LogP contribution in [-0.2, 0) is 4.79 Å². The van der Waals surface area contributed by atoms with E-state index in [9.17, 15) is 4.79 Å². The number of hydrogen-bond donors (Lipinski definition) is 0. The van der Waals surface area contributed by atoms with Crippen LogP contribution >= 0.6 is 27.5 Å². The van der Waals surface area contributed by atoms with Crippen molar-refractivity contribution in [3.8, 4) is 0 Å². The lowest BCUT2D eigenvalue weighted by atomic mass is 10.1. The minimum atomic E-state index is -0.168. The van der Waals surface area contributed by atoms with Crippen LogP contribution in [0.5, 0.6) is 0 Å². The Bertz CT molecular complexity index is 1120. The van der Waals surface area contributed by atoms with Crippen molar-refractivity contribution >= 4 is 51.0 Å². The van der Waals surface area contributed by atoms with Crippen LogP contribution in [-0.4, -0.2) is 11.7 Å². The number of benzene rings is 3. The van der Waals surface area contributed by atoms with Crippen LogP contribution in [0.3, 0.4) is 0 Å². The molecule has 0 N–H and O–H groups in total. The molecule has 28 heavy (non-hydrogen) atoms. The van der Waals surface area contributed by atoms with E-state index in [1.54, 1.807) is 23.1 Å². The van der Waals surface area contributed by atoms with Crippen LogP contribution < -0.4 is 4.90 Å². The maximum atomic E-state index is 13.2. The van der Waals surface area contributed by atoms with Gasteiger partial charge in [-0.15, -0.1) is 0 Å². The van der Waals surface area contributed by atoms with Crippen molar-refractivity contribution in [2.45, 2.75) is 6.92 Å². The number of aryl methyl sites for hydroxylation is 1. The molecule has 0 aromatic heterocycles. The van der Waals surface area contributed by atoms with Crippen molar-refractivity contribution in [3.63, 3.8) is 0 Å². The largest absolute Gasteiger partial charge is 0.282 e. The molecule has 1 amide bonds. The van der Waals surface area contributed by atoms with Crippen molar-refractivity contribution in [3.05, 3.63) is 105 Å². The maximum Gasteiger partial charge on any atom is 0.282 e. The third-order valence-corrected chi connectivity index (χ3v) is 5.12. The Morgan fingerprint density at radius 3 is 2.46 bits per heavy atom. The van der Waals surface area contributed by atoms with Crippen molar-refractivity contribution in [2.24, 2.45) is 4.99 Å². The summed E-state index contributed by atoms with van der Waals surface area (Å²) in [5.41, 5.74) is 4.02. The lowest BCUT2D eigenvalue weighted by Gasteiger charge is -2.18. The fraction of sp³-hybridized carbons (Fsp3) is 0.0435. The fourth-order valence-electron chi connectivity index (χ4n) is 3.08. The van der Waals surface area contributed by atoms with Crippen molar-refractivity contribution in [1.82, 2.24) is 0 Å². The summed E-state index contributed by atoms with van der Waals surface area (Å²) in [5.74, 6) is 0.441. The number of amidine groups is 1. The highest BCUT2D eigenvalue weighted by Crippen LogP contribution is 2.29. The second-order valence-electron chi connectivity index (χ2n) is 6.51. The minimum Gasteiger partial charge on any atom is -0.266 e. The summed E-state index contributed by atoms with van der Waals surface area (Å²) >= 11 is 9.50.